The molecule has 3 heterocycles. The molecule has 0 aromatic carbocycles. The fourth-order valence-corrected chi connectivity index (χ4v) is 2.69. The van der Waals surface area contributed by atoms with Gasteiger partial charge in [-0.05, 0) is 37.4 Å². The molecule has 0 bridgehead atoms. The standard InChI is InChI=1S/C12H15N3/c13-5-3-9-10-4-6-14-8-12(10)15-7-1-2-11(9)15/h4,6,8H,1-3,5,7,13H2. The average molecular weight is 201 g/mol. The molecule has 0 unspecified atom stereocenters. The normalized spacial score (nSPS) is 14.7. The summed E-state index contributed by atoms with van der Waals surface area (Å²) in [5.74, 6) is 0. The maximum atomic E-state index is 5.68. The van der Waals surface area contributed by atoms with Crippen LogP contribution in [0.2, 0.25) is 0 Å². The predicted octanol–water partition coefficient (Wildman–Crippen LogP) is 1.48. The van der Waals surface area contributed by atoms with Gasteiger partial charge in [0.15, 0.2) is 0 Å². The fraction of sp³-hybridized carbons (Fsp3) is 0.417. The van der Waals surface area contributed by atoms with Crippen molar-refractivity contribution in [2.45, 2.75) is 25.8 Å². The maximum Gasteiger partial charge on any atom is 0.0671 e. The highest BCUT2D eigenvalue weighted by Crippen LogP contribution is 2.30. The van der Waals surface area contributed by atoms with Crippen molar-refractivity contribution in [1.29, 1.82) is 0 Å². The largest absolute Gasteiger partial charge is 0.343 e. The predicted molar refractivity (Wildman–Crippen MR) is 60.8 cm³/mol. The van der Waals surface area contributed by atoms with Gasteiger partial charge in [0.2, 0.25) is 0 Å². The molecule has 3 nitrogen and oxygen atoms in total. The van der Waals surface area contributed by atoms with Gasteiger partial charge in [0.05, 0.1) is 11.7 Å². The summed E-state index contributed by atoms with van der Waals surface area (Å²) in [6.07, 6.45) is 7.30. The molecular formula is C12H15N3. The number of aryl methyl sites for hydroxylation is 1. The van der Waals surface area contributed by atoms with E-state index in [2.05, 4.69) is 15.6 Å². The Hall–Kier alpha value is -1.35. The SMILES string of the molecule is NCCc1c2n(c3cnccc13)CCC2. The van der Waals surface area contributed by atoms with E-state index in [1.165, 1.54) is 35.0 Å². The first kappa shape index (κ1) is 8.92. The molecule has 0 saturated heterocycles. The Morgan fingerprint density at radius 3 is 3.27 bits per heavy atom. The third kappa shape index (κ3) is 1.20. The lowest BCUT2D eigenvalue weighted by molar-refractivity contribution is 0.771. The number of nitrogens with two attached hydrogens (primary N) is 1. The van der Waals surface area contributed by atoms with Crippen LogP contribution in [0.5, 0.6) is 0 Å². The lowest BCUT2D eigenvalue weighted by Crippen LogP contribution is -2.04. The van der Waals surface area contributed by atoms with Crippen LogP contribution in [0.4, 0.5) is 0 Å². The van der Waals surface area contributed by atoms with Crippen LogP contribution in [-0.2, 0) is 19.4 Å². The van der Waals surface area contributed by atoms with Gasteiger partial charge in [0.1, 0.15) is 0 Å². The van der Waals surface area contributed by atoms with Crippen LogP contribution < -0.4 is 5.73 Å². The van der Waals surface area contributed by atoms with Gasteiger partial charge in [-0.1, -0.05) is 0 Å². The summed E-state index contributed by atoms with van der Waals surface area (Å²) in [7, 11) is 0. The van der Waals surface area contributed by atoms with Crippen molar-refractivity contribution in [1.82, 2.24) is 9.55 Å². The minimum atomic E-state index is 0.731. The Labute approximate surface area is 88.9 Å². The van der Waals surface area contributed by atoms with Crippen LogP contribution in [0, 0.1) is 0 Å². The number of hydrogen-bond acceptors (Lipinski definition) is 2. The molecule has 3 heteroatoms. The lowest BCUT2D eigenvalue weighted by atomic mass is 10.1. The number of rotatable bonds is 2. The first-order valence-corrected chi connectivity index (χ1v) is 5.56. The van der Waals surface area contributed by atoms with Crippen molar-refractivity contribution < 1.29 is 0 Å². The van der Waals surface area contributed by atoms with E-state index in [0.717, 1.165) is 19.5 Å². The van der Waals surface area contributed by atoms with E-state index >= 15 is 0 Å². The lowest BCUT2D eigenvalue weighted by Gasteiger charge is -1.99. The van der Waals surface area contributed by atoms with Crippen molar-refractivity contribution in [3.05, 3.63) is 29.7 Å². The van der Waals surface area contributed by atoms with Crippen LogP contribution >= 0.6 is 0 Å². The van der Waals surface area contributed by atoms with E-state index < -0.39 is 0 Å². The van der Waals surface area contributed by atoms with Gasteiger partial charge in [0, 0.05) is 23.8 Å². The molecular weight excluding hydrogens is 186 g/mol. The van der Waals surface area contributed by atoms with Crippen molar-refractivity contribution >= 4 is 10.9 Å². The van der Waals surface area contributed by atoms with Gasteiger partial charge in [-0.3, -0.25) is 4.98 Å². The molecule has 78 valence electrons. The highest BCUT2D eigenvalue weighted by Gasteiger charge is 2.19. The maximum absolute atomic E-state index is 5.68. The summed E-state index contributed by atoms with van der Waals surface area (Å²) in [5, 5.41) is 1.35. The molecule has 0 atom stereocenters. The molecule has 0 saturated carbocycles. The summed E-state index contributed by atoms with van der Waals surface area (Å²) in [6.45, 7) is 1.87. The third-order valence-corrected chi connectivity index (χ3v) is 3.28. The van der Waals surface area contributed by atoms with E-state index in [4.69, 9.17) is 5.73 Å². The minimum Gasteiger partial charge on any atom is -0.343 e. The summed E-state index contributed by atoms with van der Waals surface area (Å²) in [6, 6.07) is 2.12. The molecule has 15 heavy (non-hydrogen) atoms. The van der Waals surface area contributed by atoms with Gasteiger partial charge >= 0.3 is 0 Å². The number of aromatic nitrogens is 2. The van der Waals surface area contributed by atoms with Gasteiger partial charge < -0.3 is 10.3 Å². The Kier molecular flexibility index (Phi) is 1.99. The topological polar surface area (TPSA) is 43.8 Å². The van der Waals surface area contributed by atoms with Gasteiger partial charge in [-0.15, -0.1) is 0 Å². The summed E-state index contributed by atoms with van der Waals surface area (Å²) in [4.78, 5) is 4.21. The number of pyridine rings is 1. The van der Waals surface area contributed by atoms with E-state index in [9.17, 15) is 0 Å². The Balaban J connectivity index is 2.31. The van der Waals surface area contributed by atoms with Crippen molar-refractivity contribution in [2.75, 3.05) is 6.54 Å². The van der Waals surface area contributed by atoms with Crippen molar-refractivity contribution in [3.8, 4) is 0 Å². The Morgan fingerprint density at radius 1 is 1.47 bits per heavy atom. The average Bonchev–Trinajstić information content (AvgIpc) is 2.82. The molecule has 2 aromatic heterocycles. The molecule has 0 radical (unpaired) electrons. The van der Waals surface area contributed by atoms with E-state index in [1.54, 1.807) is 0 Å². The zero-order chi connectivity index (χ0) is 10.3. The monoisotopic (exact) mass is 201 g/mol. The minimum absolute atomic E-state index is 0.731. The van der Waals surface area contributed by atoms with Gasteiger partial charge in [0.25, 0.3) is 0 Å². The Bertz CT molecular complexity index is 499. The van der Waals surface area contributed by atoms with Crippen LogP contribution in [0.3, 0.4) is 0 Å². The summed E-state index contributed by atoms with van der Waals surface area (Å²) < 4.78 is 2.41. The second-order valence-corrected chi connectivity index (χ2v) is 4.11. The molecule has 0 aliphatic carbocycles. The van der Waals surface area contributed by atoms with Crippen LogP contribution in [0.1, 0.15) is 17.7 Å². The zero-order valence-corrected chi connectivity index (χ0v) is 8.74. The first-order chi connectivity index (χ1) is 7.42. The van der Waals surface area contributed by atoms with E-state index in [1.807, 2.05) is 12.4 Å². The second kappa shape index (κ2) is 3.35. The third-order valence-electron chi connectivity index (χ3n) is 3.28. The van der Waals surface area contributed by atoms with Crippen LogP contribution in [0.15, 0.2) is 18.5 Å². The van der Waals surface area contributed by atoms with Crippen molar-refractivity contribution in [3.63, 3.8) is 0 Å². The molecule has 1 aliphatic heterocycles. The van der Waals surface area contributed by atoms with E-state index in [-0.39, 0.29) is 0 Å². The molecule has 2 N–H and O–H groups in total. The number of hydrogen-bond donors (Lipinski definition) is 1. The highest BCUT2D eigenvalue weighted by atomic mass is 15.0. The number of nitrogens with zero attached hydrogens (tertiary/aromatic N) is 2. The van der Waals surface area contributed by atoms with Gasteiger partial charge in [-0.2, -0.15) is 0 Å². The van der Waals surface area contributed by atoms with Crippen molar-refractivity contribution in [2.24, 2.45) is 5.73 Å². The quantitative estimate of drug-likeness (QED) is 0.800. The fourth-order valence-electron chi connectivity index (χ4n) is 2.69. The molecule has 1 aliphatic rings. The van der Waals surface area contributed by atoms with Crippen LogP contribution in [0.25, 0.3) is 10.9 Å². The van der Waals surface area contributed by atoms with Gasteiger partial charge in [-0.25, -0.2) is 0 Å². The molecule has 0 amide bonds. The summed E-state index contributed by atoms with van der Waals surface area (Å²) in [5.41, 5.74) is 9.91. The first-order valence-electron chi connectivity index (χ1n) is 5.56. The molecule has 3 rings (SSSR count). The second-order valence-electron chi connectivity index (χ2n) is 4.11. The molecule has 0 fully saturated rings. The van der Waals surface area contributed by atoms with E-state index in [0.29, 0.717) is 0 Å². The Morgan fingerprint density at radius 2 is 2.40 bits per heavy atom. The number of fused-ring (bicyclic) bond motifs is 3. The molecule has 2 aromatic rings. The smallest absolute Gasteiger partial charge is 0.0671 e. The van der Waals surface area contributed by atoms with Crippen LogP contribution in [-0.4, -0.2) is 16.1 Å². The zero-order valence-electron chi connectivity index (χ0n) is 8.74. The summed E-state index contributed by atoms with van der Waals surface area (Å²) >= 11 is 0. The molecule has 0 spiro atoms. The highest BCUT2D eigenvalue weighted by molar-refractivity contribution is 5.85.